The van der Waals surface area contributed by atoms with Gasteiger partial charge in [-0.15, -0.1) is 0 Å². The molecule has 0 amide bonds. The van der Waals surface area contributed by atoms with Crippen LogP contribution in [0.25, 0.3) is 5.57 Å². The number of benzene rings is 2. The summed E-state index contributed by atoms with van der Waals surface area (Å²) in [6.07, 6.45) is 1.74. The number of hydrogen-bond acceptors (Lipinski definition) is 4. The Morgan fingerprint density at radius 3 is 1.96 bits per heavy atom. The van der Waals surface area contributed by atoms with Crippen LogP contribution in [0.3, 0.4) is 0 Å². The van der Waals surface area contributed by atoms with Gasteiger partial charge in [0.2, 0.25) is 0 Å². The molecule has 1 heterocycles. The summed E-state index contributed by atoms with van der Waals surface area (Å²) in [6.45, 7) is 0. The first-order valence-electron chi connectivity index (χ1n) is 6.88. The lowest BCUT2D eigenvalue weighted by Crippen LogP contribution is -2.18. The molecule has 1 aliphatic rings. The molecule has 5 nitrogen and oxygen atoms in total. The fourth-order valence-electron chi connectivity index (χ4n) is 2.74. The number of thioether (sulfide) groups is 1. The Hall–Kier alpha value is -1.72. The molecule has 0 bridgehead atoms. The topological polar surface area (TPSA) is 70.0 Å². The zero-order chi connectivity index (χ0) is 16.6. The predicted octanol–water partition coefficient (Wildman–Crippen LogP) is 3.96. The van der Waals surface area contributed by atoms with Gasteiger partial charge in [0.05, 0.1) is 0 Å². The fraction of sp³-hybridized carbons (Fsp3) is 0.125. The third kappa shape index (κ3) is 3.03. The van der Waals surface area contributed by atoms with Crippen molar-refractivity contribution >= 4 is 36.5 Å². The van der Waals surface area contributed by atoms with Gasteiger partial charge in [-0.3, -0.25) is 9.79 Å². The monoisotopic (exact) mass is 349 g/mol. The van der Waals surface area contributed by atoms with Crippen LogP contribution in [0.1, 0.15) is 11.1 Å². The Morgan fingerprint density at radius 1 is 1.04 bits per heavy atom. The van der Waals surface area contributed by atoms with Gasteiger partial charge in [-0.25, -0.2) is 4.57 Å². The highest BCUT2D eigenvalue weighted by Crippen LogP contribution is 2.50. The van der Waals surface area contributed by atoms with Gasteiger partial charge in [0.1, 0.15) is 0 Å². The Balaban J connectivity index is 2.32. The van der Waals surface area contributed by atoms with Gasteiger partial charge in [0.15, 0.2) is 5.09 Å². The van der Waals surface area contributed by atoms with Crippen LogP contribution in [0.15, 0.2) is 53.6 Å². The van der Waals surface area contributed by atoms with Crippen molar-refractivity contribution in [3.8, 4) is 0 Å². The number of rotatable bonds is 3. The van der Waals surface area contributed by atoms with Gasteiger partial charge in [0.25, 0.3) is 0 Å². The van der Waals surface area contributed by atoms with Gasteiger partial charge in [-0.2, -0.15) is 0 Å². The molecule has 0 spiro atoms. The standard InChI is InChI=1S/C16H16NO4PS/c1-17-13-9-5-3-7-11(13)15(12-8-4-6-10-14(12)17)16(23-2)21-22(18,19)20/h3-10H,1-2H3,(H2,18,19,20). The predicted molar refractivity (Wildman–Crippen MR) is 93.6 cm³/mol. The third-order valence-corrected chi connectivity index (χ3v) is 4.86. The minimum atomic E-state index is -4.64. The molecule has 0 radical (unpaired) electrons. The maximum absolute atomic E-state index is 11.3. The molecule has 0 saturated heterocycles. The molecule has 2 aromatic rings. The van der Waals surface area contributed by atoms with Crippen molar-refractivity contribution in [1.29, 1.82) is 0 Å². The molecule has 0 aliphatic carbocycles. The van der Waals surface area contributed by atoms with Crippen LogP contribution in [0.4, 0.5) is 11.4 Å². The Bertz CT molecular complexity index is 781. The second-order valence-electron chi connectivity index (χ2n) is 5.04. The second kappa shape index (κ2) is 6.06. The van der Waals surface area contributed by atoms with Crippen molar-refractivity contribution in [2.45, 2.75) is 0 Å². The van der Waals surface area contributed by atoms with Gasteiger partial charge in [-0.1, -0.05) is 48.2 Å². The van der Waals surface area contributed by atoms with E-state index in [1.54, 1.807) is 6.26 Å². The molecule has 0 unspecified atom stereocenters. The number of phosphoric acid groups is 1. The summed E-state index contributed by atoms with van der Waals surface area (Å²) in [5.41, 5.74) is 4.38. The summed E-state index contributed by atoms with van der Waals surface area (Å²) in [4.78, 5) is 20.5. The zero-order valence-corrected chi connectivity index (χ0v) is 14.3. The number of anilines is 2. The highest BCUT2D eigenvalue weighted by molar-refractivity contribution is 8.02. The molecular formula is C16H16NO4PS. The van der Waals surface area contributed by atoms with Crippen LogP contribution >= 0.6 is 19.6 Å². The van der Waals surface area contributed by atoms with E-state index in [1.165, 1.54) is 11.8 Å². The van der Waals surface area contributed by atoms with E-state index in [0.29, 0.717) is 5.57 Å². The summed E-state index contributed by atoms with van der Waals surface area (Å²) in [5, 5.41) is 0.214. The number of fused-ring (bicyclic) bond motifs is 2. The van der Waals surface area contributed by atoms with E-state index in [0.717, 1.165) is 22.5 Å². The Kier molecular flexibility index (Phi) is 4.25. The minimum absolute atomic E-state index is 0.214. The zero-order valence-electron chi connectivity index (χ0n) is 12.6. The summed E-state index contributed by atoms with van der Waals surface area (Å²) in [7, 11) is -2.67. The SMILES string of the molecule is CSC(OP(=O)(O)O)=C1c2ccccc2N(C)c2ccccc21. The average molecular weight is 349 g/mol. The van der Waals surface area contributed by atoms with Crippen molar-refractivity contribution in [2.75, 3.05) is 18.2 Å². The fourth-order valence-corrected chi connectivity index (χ4v) is 4.06. The van der Waals surface area contributed by atoms with Crippen LogP contribution < -0.4 is 4.90 Å². The number of para-hydroxylation sites is 2. The van der Waals surface area contributed by atoms with E-state index in [-0.39, 0.29) is 5.09 Å². The van der Waals surface area contributed by atoms with Crippen LogP contribution in [0, 0.1) is 0 Å². The van der Waals surface area contributed by atoms with Gasteiger partial charge in [-0.05, 0) is 18.4 Å². The van der Waals surface area contributed by atoms with Crippen LogP contribution in [0.2, 0.25) is 0 Å². The van der Waals surface area contributed by atoms with Crippen molar-refractivity contribution < 1.29 is 18.9 Å². The van der Waals surface area contributed by atoms with Crippen molar-refractivity contribution in [1.82, 2.24) is 0 Å². The average Bonchev–Trinajstić information content (AvgIpc) is 2.53. The number of phosphoric ester groups is 1. The Morgan fingerprint density at radius 2 is 1.52 bits per heavy atom. The molecule has 1 aliphatic heterocycles. The van der Waals surface area contributed by atoms with E-state index in [1.807, 2.05) is 55.6 Å². The normalized spacial score (nSPS) is 13.4. The smallest absolute Gasteiger partial charge is 0.397 e. The first-order valence-corrected chi connectivity index (χ1v) is 9.64. The summed E-state index contributed by atoms with van der Waals surface area (Å²) in [6, 6.07) is 15.5. The maximum Gasteiger partial charge on any atom is 0.525 e. The van der Waals surface area contributed by atoms with Crippen LogP contribution in [-0.2, 0) is 9.09 Å². The Labute approximate surface area is 138 Å². The molecule has 0 atom stereocenters. The molecule has 3 rings (SSSR count). The minimum Gasteiger partial charge on any atom is -0.397 e. The van der Waals surface area contributed by atoms with Gasteiger partial charge >= 0.3 is 7.82 Å². The summed E-state index contributed by atoms with van der Waals surface area (Å²) < 4.78 is 16.3. The highest BCUT2D eigenvalue weighted by atomic mass is 32.2. The maximum atomic E-state index is 11.3. The van der Waals surface area contributed by atoms with E-state index in [4.69, 9.17) is 4.52 Å². The number of nitrogens with zero attached hydrogens (tertiary/aromatic N) is 1. The lowest BCUT2D eigenvalue weighted by atomic mass is 9.91. The molecule has 2 aromatic carbocycles. The van der Waals surface area contributed by atoms with E-state index >= 15 is 0 Å². The third-order valence-electron chi connectivity index (χ3n) is 3.66. The van der Waals surface area contributed by atoms with Gasteiger partial charge in [0, 0.05) is 35.1 Å². The molecule has 2 N–H and O–H groups in total. The summed E-state index contributed by atoms with van der Waals surface area (Å²) >= 11 is 1.18. The molecule has 7 heteroatoms. The first kappa shape index (κ1) is 16.1. The van der Waals surface area contributed by atoms with Crippen LogP contribution in [0.5, 0.6) is 0 Å². The van der Waals surface area contributed by atoms with E-state index < -0.39 is 7.82 Å². The van der Waals surface area contributed by atoms with Gasteiger partial charge < -0.3 is 9.42 Å². The molecule has 0 fully saturated rings. The molecule has 0 saturated carbocycles. The van der Waals surface area contributed by atoms with Crippen molar-refractivity contribution in [3.63, 3.8) is 0 Å². The van der Waals surface area contributed by atoms with Crippen molar-refractivity contribution in [3.05, 3.63) is 64.7 Å². The molecular weight excluding hydrogens is 333 g/mol. The second-order valence-corrected chi connectivity index (χ2v) is 6.98. The van der Waals surface area contributed by atoms with Crippen LogP contribution in [-0.4, -0.2) is 23.1 Å². The van der Waals surface area contributed by atoms with E-state index in [2.05, 4.69) is 4.90 Å². The highest BCUT2D eigenvalue weighted by Gasteiger charge is 2.29. The largest absolute Gasteiger partial charge is 0.525 e. The van der Waals surface area contributed by atoms with Crippen molar-refractivity contribution in [2.24, 2.45) is 0 Å². The lowest BCUT2D eigenvalue weighted by molar-refractivity contribution is 0.255. The quantitative estimate of drug-likeness (QED) is 0.646. The molecule has 120 valence electrons. The molecule has 23 heavy (non-hydrogen) atoms. The summed E-state index contributed by atoms with van der Waals surface area (Å²) in [5.74, 6) is 0. The first-order chi connectivity index (χ1) is 10.9. The number of hydrogen-bond donors (Lipinski definition) is 2. The lowest BCUT2D eigenvalue weighted by Gasteiger charge is -2.32. The molecule has 0 aromatic heterocycles. The van der Waals surface area contributed by atoms with E-state index in [9.17, 15) is 14.4 Å².